The predicted octanol–water partition coefficient (Wildman–Crippen LogP) is 2.66. The van der Waals surface area contributed by atoms with Crippen LogP contribution in [-0.4, -0.2) is 24.1 Å². The van der Waals surface area contributed by atoms with E-state index in [0.29, 0.717) is 0 Å². The average molecular weight is 199 g/mol. The number of hydrogen-bond acceptors (Lipinski definition) is 2. The van der Waals surface area contributed by atoms with E-state index in [2.05, 4.69) is 24.1 Å². The van der Waals surface area contributed by atoms with Crippen molar-refractivity contribution >= 4 is 11.8 Å². The minimum absolute atomic E-state index is 0.811. The van der Waals surface area contributed by atoms with Crippen molar-refractivity contribution < 1.29 is 0 Å². The highest BCUT2D eigenvalue weighted by Gasteiger charge is 2.30. The van der Waals surface area contributed by atoms with Crippen LogP contribution in [0.3, 0.4) is 0 Å². The summed E-state index contributed by atoms with van der Waals surface area (Å²) >= 11 is 2.22. The monoisotopic (exact) mass is 199 g/mol. The van der Waals surface area contributed by atoms with E-state index in [1.807, 2.05) is 0 Å². The topological polar surface area (TPSA) is 12.0 Å². The summed E-state index contributed by atoms with van der Waals surface area (Å²) in [4.78, 5) is 0. The number of nitrogens with one attached hydrogen (secondary N) is 1. The van der Waals surface area contributed by atoms with Crippen molar-refractivity contribution in [3.63, 3.8) is 0 Å². The average Bonchev–Trinajstić information content (AvgIpc) is 2.84. The minimum Gasteiger partial charge on any atom is -0.316 e. The van der Waals surface area contributed by atoms with Gasteiger partial charge in [-0.25, -0.2) is 0 Å². The van der Waals surface area contributed by atoms with Gasteiger partial charge in [0.05, 0.1) is 0 Å². The van der Waals surface area contributed by atoms with Crippen LogP contribution in [0.25, 0.3) is 0 Å². The van der Waals surface area contributed by atoms with Gasteiger partial charge in [-0.2, -0.15) is 11.8 Å². The third kappa shape index (κ3) is 2.88. The Bertz CT molecular complexity index is 150. The first-order valence-corrected chi connectivity index (χ1v) is 6.74. The Labute approximate surface area is 86.0 Å². The standard InChI is InChI=1S/C11H21NS/c1-12-11(9-6-7-9)8-13-10-4-2-3-5-10/h9-12H,2-8H2,1H3. The molecule has 2 saturated carbocycles. The zero-order valence-electron chi connectivity index (χ0n) is 8.59. The van der Waals surface area contributed by atoms with Gasteiger partial charge in [0.25, 0.3) is 0 Å². The van der Waals surface area contributed by atoms with Crippen LogP contribution >= 0.6 is 11.8 Å². The number of hydrogen-bond donors (Lipinski definition) is 1. The molecule has 0 bridgehead atoms. The predicted molar refractivity (Wildman–Crippen MR) is 60.3 cm³/mol. The van der Waals surface area contributed by atoms with Gasteiger partial charge in [0.15, 0.2) is 0 Å². The number of rotatable bonds is 5. The third-order valence-electron chi connectivity index (χ3n) is 3.38. The fourth-order valence-corrected chi connectivity index (χ4v) is 3.83. The molecule has 13 heavy (non-hydrogen) atoms. The second-order valence-corrected chi connectivity index (χ2v) is 5.81. The SMILES string of the molecule is CNC(CSC1CCCC1)C1CC1. The Morgan fingerprint density at radius 1 is 1.23 bits per heavy atom. The van der Waals surface area contributed by atoms with Gasteiger partial charge in [0, 0.05) is 17.0 Å². The van der Waals surface area contributed by atoms with E-state index in [-0.39, 0.29) is 0 Å². The maximum absolute atomic E-state index is 3.47. The van der Waals surface area contributed by atoms with Crippen molar-refractivity contribution in [2.75, 3.05) is 12.8 Å². The van der Waals surface area contributed by atoms with Crippen molar-refractivity contribution in [1.82, 2.24) is 5.32 Å². The molecule has 2 fully saturated rings. The van der Waals surface area contributed by atoms with Crippen LogP contribution < -0.4 is 5.32 Å². The van der Waals surface area contributed by atoms with E-state index in [4.69, 9.17) is 0 Å². The van der Waals surface area contributed by atoms with Gasteiger partial charge >= 0.3 is 0 Å². The van der Waals surface area contributed by atoms with Gasteiger partial charge in [-0.1, -0.05) is 12.8 Å². The Balaban J connectivity index is 1.64. The molecule has 1 N–H and O–H groups in total. The summed E-state index contributed by atoms with van der Waals surface area (Å²) in [6.07, 6.45) is 8.85. The molecule has 2 aliphatic rings. The van der Waals surface area contributed by atoms with E-state index >= 15 is 0 Å². The maximum Gasteiger partial charge on any atom is 0.0183 e. The van der Waals surface area contributed by atoms with E-state index in [1.54, 1.807) is 0 Å². The second-order valence-electron chi connectivity index (χ2n) is 4.47. The van der Waals surface area contributed by atoms with E-state index in [0.717, 1.165) is 17.2 Å². The first-order valence-electron chi connectivity index (χ1n) is 5.69. The third-order valence-corrected chi connectivity index (χ3v) is 4.87. The lowest BCUT2D eigenvalue weighted by Crippen LogP contribution is -2.30. The van der Waals surface area contributed by atoms with Gasteiger partial charge < -0.3 is 5.32 Å². The molecule has 2 aliphatic carbocycles. The molecule has 0 heterocycles. The van der Waals surface area contributed by atoms with E-state index in [1.165, 1.54) is 44.3 Å². The molecule has 0 aliphatic heterocycles. The first kappa shape index (κ1) is 9.85. The summed E-state index contributed by atoms with van der Waals surface area (Å²) in [7, 11) is 2.12. The van der Waals surface area contributed by atoms with Gasteiger partial charge in [0.2, 0.25) is 0 Å². The summed E-state index contributed by atoms with van der Waals surface area (Å²) in [5.41, 5.74) is 0. The molecule has 76 valence electrons. The van der Waals surface area contributed by atoms with Crippen LogP contribution in [0.5, 0.6) is 0 Å². The van der Waals surface area contributed by atoms with Gasteiger partial charge in [-0.05, 0) is 38.6 Å². The molecule has 1 unspecified atom stereocenters. The molecular weight excluding hydrogens is 178 g/mol. The highest BCUT2D eigenvalue weighted by Crippen LogP contribution is 2.36. The van der Waals surface area contributed by atoms with E-state index in [9.17, 15) is 0 Å². The minimum atomic E-state index is 0.811. The van der Waals surface area contributed by atoms with Crippen molar-refractivity contribution in [2.45, 2.75) is 49.8 Å². The van der Waals surface area contributed by atoms with Crippen LogP contribution in [-0.2, 0) is 0 Å². The lowest BCUT2D eigenvalue weighted by molar-refractivity contribution is 0.553. The highest BCUT2D eigenvalue weighted by atomic mass is 32.2. The van der Waals surface area contributed by atoms with Crippen LogP contribution in [0, 0.1) is 5.92 Å². The molecule has 0 aromatic heterocycles. The molecule has 0 saturated heterocycles. The van der Waals surface area contributed by atoms with Crippen molar-refractivity contribution in [3.8, 4) is 0 Å². The Morgan fingerprint density at radius 3 is 2.46 bits per heavy atom. The fraction of sp³-hybridized carbons (Fsp3) is 1.00. The smallest absolute Gasteiger partial charge is 0.0183 e. The summed E-state index contributed by atoms with van der Waals surface area (Å²) in [5.74, 6) is 2.37. The molecule has 1 atom stereocenters. The van der Waals surface area contributed by atoms with Crippen molar-refractivity contribution in [1.29, 1.82) is 0 Å². The maximum atomic E-state index is 3.47. The van der Waals surface area contributed by atoms with Crippen LogP contribution in [0.4, 0.5) is 0 Å². The van der Waals surface area contributed by atoms with Crippen LogP contribution in [0.2, 0.25) is 0 Å². The molecule has 0 aromatic carbocycles. The molecule has 2 heteroatoms. The Hall–Kier alpha value is 0.310. The van der Waals surface area contributed by atoms with Gasteiger partial charge in [-0.15, -0.1) is 0 Å². The molecule has 0 amide bonds. The molecule has 1 nitrogen and oxygen atoms in total. The van der Waals surface area contributed by atoms with Crippen molar-refractivity contribution in [3.05, 3.63) is 0 Å². The molecule has 2 rings (SSSR count). The molecule has 0 aromatic rings. The van der Waals surface area contributed by atoms with Gasteiger partial charge in [0.1, 0.15) is 0 Å². The Kier molecular flexibility index (Phi) is 3.56. The molecule has 0 radical (unpaired) electrons. The molecule has 0 spiro atoms. The summed E-state index contributed by atoms with van der Waals surface area (Å²) < 4.78 is 0. The fourth-order valence-electron chi connectivity index (χ4n) is 2.25. The number of thioether (sulfide) groups is 1. The largest absolute Gasteiger partial charge is 0.316 e. The van der Waals surface area contributed by atoms with E-state index < -0.39 is 0 Å². The van der Waals surface area contributed by atoms with Gasteiger partial charge in [-0.3, -0.25) is 0 Å². The highest BCUT2D eigenvalue weighted by molar-refractivity contribution is 7.99. The lowest BCUT2D eigenvalue weighted by atomic mass is 10.2. The molecular formula is C11H21NS. The van der Waals surface area contributed by atoms with Crippen molar-refractivity contribution in [2.24, 2.45) is 5.92 Å². The second kappa shape index (κ2) is 4.70. The summed E-state index contributed by atoms with van der Waals surface area (Å²) in [5, 5.41) is 4.46. The zero-order chi connectivity index (χ0) is 9.10. The quantitative estimate of drug-likeness (QED) is 0.730. The summed E-state index contributed by atoms with van der Waals surface area (Å²) in [6.45, 7) is 0. The zero-order valence-corrected chi connectivity index (χ0v) is 9.41. The normalized spacial score (nSPS) is 26.5. The first-order chi connectivity index (χ1) is 6.40. The summed E-state index contributed by atoms with van der Waals surface area (Å²) in [6, 6.07) is 0.811. The van der Waals surface area contributed by atoms with Crippen LogP contribution in [0.15, 0.2) is 0 Å². The Morgan fingerprint density at radius 2 is 1.92 bits per heavy atom. The van der Waals surface area contributed by atoms with Crippen LogP contribution in [0.1, 0.15) is 38.5 Å². The lowest BCUT2D eigenvalue weighted by Gasteiger charge is -2.17.